The third-order valence-corrected chi connectivity index (χ3v) is 4.68. The number of benzene rings is 1. The molecule has 1 aromatic carbocycles. The quantitative estimate of drug-likeness (QED) is 0.840. The first-order chi connectivity index (χ1) is 10.2. The lowest BCUT2D eigenvalue weighted by molar-refractivity contribution is -0.120. The average molecular weight is 300 g/mol. The highest BCUT2D eigenvalue weighted by Gasteiger charge is 2.29. The van der Waals surface area contributed by atoms with Gasteiger partial charge in [-0.2, -0.15) is 5.26 Å². The molecule has 1 aliphatic rings. The molecular weight excluding hydrogens is 280 g/mol. The predicted molar refractivity (Wildman–Crippen MR) is 86.7 cm³/mol. The highest BCUT2D eigenvalue weighted by atomic mass is 32.2. The summed E-state index contributed by atoms with van der Waals surface area (Å²) in [6, 6.07) is 10.4. The van der Waals surface area contributed by atoms with Crippen molar-refractivity contribution in [2.45, 2.75) is 39.0 Å². The van der Waals surface area contributed by atoms with E-state index in [2.05, 4.69) is 18.3 Å². The van der Waals surface area contributed by atoms with E-state index in [4.69, 9.17) is 0 Å². The Hall–Kier alpha value is -1.73. The van der Waals surface area contributed by atoms with Crippen molar-refractivity contribution in [3.8, 4) is 6.07 Å². The van der Waals surface area contributed by atoms with E-state index in [1.807, 2.05) is 31.2 Å². The summed E-state index contributed by atoms with van der Waals surface area (Å²) < 4.78 is 0. The lowest BCUT2D eigenvalue weighted by Crippen LogP contribution is -2.30. The molecule has 0 unspecified atom stereocenters. The summed E-state index contributed by atoms with van der Waals surface area (Å²) in [5, 5.41) is 13.1. The minimum absolute atomic E-state index is 0.00132. The largest absolute Gasteiger partial charge is 0.320 e. The van der Waals surface area contributed by atoms with Gasteiger partial charge in [-0.15, -0.1) is 11.8 Å². The topological polar surface area (TPSA) is 52.9 Å². The van der Waals surface area contributed by atoms with Crippen molar-refractivity contribution in [1.29, 1.82) is 5.26 Å². The maximum Gasteiger partial charge on any atom is 0.225 e. The predicted octanol–water partition coefficient (Wildman–Crippen LogP) is 3.87. The number of rotatable bonds is 5. The van der Waals surface area contributed by atoms with Crippen molar-refractivity contribution >= 4 is 17.7 Å². The first kappa shape index (κ1) is 15.7. The molecule has 110 valence electrons. The molecule has 0 fully saturated rings. The molecule has 1 N–H and O–H groups in total. The Morgan fingerprint density at radius 2 is 2.10 bits per heavy atom. The zero-order chi connectivity index (χ0) is 15.2. The van der Waals surface area contributed by atoms with E-state index in [9.17, 15) is 10.1 Å². The average Bonchev–Trinajstić information content (AvgIpc) is 2.48. The zero-order valence-corrected chi connectivity index (χ0v) is 13.3. The van der Waals surface area contributed by atoms with Gasteiger partial charge >= 0.3 is 0 Å². The van der Waals surface area contributed by atoms with Crippen molar-refractivity contribution in [3.05, 3.63) is 46.0 Å². The van der Waals surface area contributed by atoms with E-state index in [1.54, 1.807) is 11.8 Å². The molecule has 1 heterocycles. The second kappa shape index (κ2) is 7.33. The van der Waals surface area contributed by atoms with Crippen LogP contribution < -0.4 is 5.32 Å². The molecule has 1 aliphatic heterocycles. The van der Waals surface area contributed by atoms with Crippen LogP contribution in [-0.4, -0.2) is 11.7 Å². The van der Waals surface area contributed by atoms with Crippen LogP contribution in [0.1, 0.15) is 43.2 Å². The van der Waals surface area contributed by atoms with Crippen molar-refractivity contribution in [2.24, 2.45) is 0 Å². The summed E-state index contributed by atoms with van der Waals surface area (Å²) in [4.78, 5) is 12.0. The molecule has 0 aromatic heterocycles. The number of aryl methyl sites for hydroxylation is 1. The summed E-state index contributed by atoms with van der Waals surface area (Å²) in [5.41, 5.74) is 2.92. The molecule has 1 atom stereocenters. The van der Waals surface area contributed by atoms with E-state index in [0.29, 0.717) is 12.0 Å². The minimum atomic E-state index is -0.117. The number of amides is 1. The third kappa shape index (κ3) is 3.89. The fourth-order valence-corrected chi connectivity index (χ4v) is 3.50. The second-order valence-electron chi connectivity index (χ2n) is 5.27. The Kier molecular flexibility index (Phi) is 5.46. The Balaban J connectivity index is 2.30. The minimum Gasteiger partial charge on any atom is -0.320 e. The Bertz CT molecular complexity index is 584. The lowest BCUT2D eigenvalue weighted by atomic mass is 9.87. The molecule has 4 heteroatoms. The number of hydrogen-bond acceptors (Lipinski definition) is 3. The van der Waals surface area contributed by atoms with Gasteiger partial charge in [0, 0.05) is 12.3 Å². The van der Waals surface area contributed by atoms with Crippen LogP contribution in [0.2, 0.25) is 0 Å². The van der Waals surface area contributed by atoms with Gasteiger partial charge in [-0.05, 0) is 24.7 Å². The van der Waals surface area contributed by atoms with Crippen LogP contribution in [0, 0.1) is 18.3 Å². The highest BCUT2D eigenvalue weighted by Crippen LogP contribution is 2.36. The van der Waals surface area contributed by atoms with E-state index >= 15 is 0 Å². The van der Waals surface area contributed by atoms with E-state index in [-0.39, 0.29) is 11.8 Å². The van der Waals surface area contributed by atoms with Crippen molar-refractivity contribution in [2.75, 3.05) is 5.75 Å². The summed E-state index contributed by atoms with van der Waals surface area (Å²) in [6.45, 7) is 4.17. The number of allylic oxidation sites excluding steroid dienone is 1. The van der Waals surface area contributed by atoms with Gasteiger partial charge in [0.1, 0.15) is 0 Å². The van der Waals surface area contributed by atoms with E-state index in [1.165, 1.54) is 5.56 Å². The molecule has 3 nitrogen and oxygen atoms in total. The van der Waals surface area contributed by atoms with Gasteiger partial charge in [0.05, 0.1) is 16.7 Å². The normalized spacial score (nSPS) is 18.3. The molecule has 2 rings (SSSR count). The molecule has 0 radical (unpaired) electrons. The van der Waals surface area contributed by atoms with Crippen LogP contribution in [0.3, 0.4) is 0 Å². The van der Waals surface area contributed by atoms with E-state index < -0.39 is 0 Å². The van der Waals surface area contributed by atoms with Crippen molar-refractivity contribution in [3.63, 3.8) is 0 Å². The number of unbranched alkanes of at least 4 members (excludes halogenated alkanes) is 1. The molecule has 1 aromatic rings. The number of hydrogen-bond donors (Lipinski definition) is 1. The standard InChI is InChI=1S/C17H20N2OS/c1-3-4-9-21-17-15(11-18)14(10-16(20)19-17)13-7-5-12(2)6-8-13/h5-8,14H,3-4,9-10H2,1-2H3,(H,19,20)/t14-/m0/s1. The number of nitrogens with zero attached hydrogens (tertiary/aromatic N) is 1. The van der Waals surface area contributed by atoms with Crippen LogP contribution >= 0.6 is 11.8 Å². The molecular formula is C17H20N2OS. The third-order valence-electron chi connectivity index (χ3n) is 3.58. The zero-order valence-electron chi connectivity index (χ0n) is 12.5. The molecule has 0 spiro atoms. The lowest BCUT2D eigenvalue weighted by Gasteiger charge is -2.25. The fraction of sp³-hybridized carbons (Fsp3) is 0.412. The molecule has 21 heavy (non-hydrogen) atoms. The van der Waals surface area contributed by atoms with Gasteiger partial charge in [0.2, 0.25) is 5.91 Å². The summed E-state index contributed by atoms with van der Waals surface area (Å²) in [6.07, 6.45) is 2.54. The highest BCUT2D eigenvalue weighted by molar-refractivity contribution is 8.03. The maximum atomic E-state index is 12.0. The SMILES string of the molecule is CCCCSC1=C(C#N)[C@H](c2ccc(C)cc2)CC(=O)N1. The van der Waals surface area contributed by atoms with Crippen LogP contribution in [0.15, 0.2) is 34.9 Å². The summed E-state index contributed by atoms with van der Waals surface area (Å²) >= 11 is 1.59. The number of carbonyl (C=O) groups is 1. The monoisotopic (exact) mass is 300 g/mol. The number of carbonyl (C=O) groups excluding carboxylic acids is 1. The first-order valence-electron chi connectivity index (χ1n) is 7.29. The van der Waals surface area contributed by atoms with Crippen LogP contribution in [0.4, 0.5) is 0 Å². The summed E-state index contributed by atoms with van der Waals surface area (Å²) in [5.74, 6) is 0.810. The molecule has 0 saturated carbocycles. The number of nitrogens with one attached hydrogen (secondary N) is 1. The Morgan fingerprint density at radius 1 is 1.38 bits per heavy atom. The van der Waals surface area contributed by atoms with Gasteiger partial charge in [-0.25, -0.2) is 0 Å². The smallest absolute Gasteiger partial charge is 0.225 e. The van der Waals surface area contributed by atoms with Gasteiger partial charge in [0.25, 0.3) is 0 Å². The molecule has 0 aliphatic carbocycles. The van der Waals surface area contributed by atoms with Crippen molar-refractivity contribution < 1.29 is 4.79 Å². The molecule has 0 saturated heterocycles. The van der Waals surface area contributed by atoms with E-state index in [0.717, 1.165) is 29.2 Å². The van der Waals surface area contributed by atoms with Crippen LogP contribution in [-0.2, 0) is 4.79 Å². The molecule has 0 bridgehead atoms. The first-order valence-corrected chi connectivity index (χ1v) is 8.27. The van der Waals surface area contributed by atoms with Crippen molar-refractivity contribution in [1.82, 2.24) is 5.32 Å². The van der Waals surface area contributed by atoms with Crippen LogP contribution in [0.5, 0.6) is 0 Å². The number of thioether (sulfide) groups is 1. The van der Waals surface area contributed by atoms with Crippen LogP contribution in [0.25, 0.3) is 0 Å². The Labute approximate surface area is 130 Å². The number of nitriles is 1. The second-order valence-corrected chi connectivity index (χ2v) is 6.38. The van der Waals surface area contributed by atoms with Gasteiger partial charge in [-0.1, -0.05) is 43.2 Å². The molecule has 1 amide bonds. The maximum absolute atomic E-state index is 12.0. The summed E-state index contributed by atoms with van der Waals surface area (Å²) in [7, 11) is 0. The van der Waals surface area contributed by atoms with Gasteiger partial charge in [-0.3, -0.25) is 4.79 Å². The Morgan fingerprint density at radius 3 is 2.71 bits per heavy atom. The fourth-order valence-electron chi connectivity index (χ4n) is 2.34. The van der Waals surface area contributed by atoms with Gasteiger partial charge in [0.15, 0.2) is 0 Å². The van der Waals surface area contributed by atoms with Gasteiger partial charge < -0.3 is 5.32 Å².